The van der Waals surface area contributed by atoms with E-state index >= 15 is 0 Å². The Morgan fingerprint density at radius 3 is 2.34 bits per heavy atom. The van der Waals surface area contributed by atoms with Gasteiger partial charge in [-0.05, 0) is 55.0 Å². The van der Waals surface area contributed by atoms with E-state index in [-0.39, 0.29) is 5.69 Å². The first-order chi connectivity index (χ1) is 13.8. The van der Waals surface area contributed by atoms with Crippen LogP contribution in [0.5, 0.6) is 5.75 Å². The van der Waals surface area contributed by atoms with E-state index in [9.17, 15) is 28.2 Å². The van der Waals surface area contributed by atoms with Crippen LogP contribution in [0.1, 0.15) is 40.0 Å². The van der Waals surface area contributed by atoms with Crippen molar-refractivity contribution in [3.05, 3.63) is 70.9 Å². The van der Waals surface area contributed by atoms with Crippen LogP contribution in [0.4, 0.5) is 13.2 Å². The van der Waals surface area contributed by atoms with Crippen molar-refractivity contribution in [2.45, 2.75) is 31.9 Å². The molecule has 0 amide bonds. The smallest absolute Gasteiger partial charge is 0.418 e. The summed E-state index contributed by atoms with van der Waals surface area (Å²) in [6, 6.07) is 12.3. The number of aromatic carboxylic acids is 1. The van der Waals surface area contributed by atoms with Gasteiger partial charge in [0.05, 0.1) is 16.9 Å². The molecule has 3 aromatic rings. The van der Waals surface area contributed by atoms with E-state index < -0.39 is 29.0 Å². The highest BCUT2D eigenvalue weighted by molar-refractivity contribution is 5.92. The van der Waals surface area contributed by atoms with Gasteiger partial charge in [-0.3, -0.25) is 0 Å². The van der Waals surface area contributed by atoms with Gasteiger partial charge in [0.1, 0.15) is 11.3 Å². The molecule has 0 atom stereocenters. The number of aromatic hydroxyl groups is 1. The summed E-state index contributed by atoms with van der Waals surface area (Å²) in [5.74, 6) is -2.39. The Hall–Kier alpha value is -3.22. The second kappa shape index (κ2) is 6.99. The zero-order valence-corrected chi connectivity index (χ0v) is 15.3. The van der Waals surface area contributed by atoms with Crippen molar-refractivity contribution >= 4 is 5.97 Å². The van der Waals surface area contributed by atoms with Crippen LogP contribution in [-0.2, 0) is 19.0 Å². The topological polar surface area (TPSA) is 62.5 Å². The monoisotopic (exact) mass is 401 g/mol. The molecule has 2 aromatic carbocycles. The van der Waals surface area contributed by atoms with Gasteiger partial charge in [0.15, 0.2) is 0 Å². The minimum Gasteiger partial charge on any atom is -0.507 e. The molecule has 1 heterocycles. The number of carbonyl (C=O) groups is 1. The van der Waals surface area contributed by atoms with Crippen LogP contribution in [0.25, 0.3) is 16.9 Å². The van der Waals surface area contributed by atoms with Crippen molar-refractivity contribution in [3.63, 3.8) is 0 Å². The van der Waals surface area contributed by atoms with E-state index in [2.05, 4.69) is 0 Å². The molecule has 0 aliphatic heterocycles. The largest absolute Gasteiger partial charge is 0.507 e. The van der Waals surface area contributed by atoms with Gasteiger partial charge in [-0.2, -0.15) is 13.2 Å². The molecule has 150 valence electrons. The number of aryl methyl sites for hydroxylation is 1. The normalized spacial score (nSPS) is 13.9. The molecule has 2 N–H and O–H groups in total. The number of benzene rings is 2. The van der Waals surface area contributed by atoms with Crippen LogP contribution in [0, 0.1) is 0 Å². The third-order valence-corrected chi connectivity index (χ3v) is 5.26. The maximum atomic E-state index is 13.8. The number of rotatable bonds is 3. The summed E-state index contributed by atoms with van der Waals surface area (Å²) in [6.07, 6.45) is -1.61. The zero-order chi connectivity index (χ0) is 20.8. The van der Waals surface area contributed by atoms with E-state index in [4.69, 9.17) is 0 Å². The van der Waals surface area contributed by atoms with E-state index in [1.807, 2.05) is 24.3 Å². The van der Waals surface area contributed by atoms with Gasteiger partial charge >= 0.3 is 12.1 Å². The average Bonchev–Trinajstić information content (AvgIpc) is 3.07. The lowest BCUT2D eigenvalue weighted by Crippen LogP contribution is -2.16. The predicted octanol–water partition coefficient (Wildman–Crippen LogP) is 5.45. The van der Waals surface area contributed by atoms with Crippen molar-refractivity contribution in [1.82, 2.24) is 4.57 Å². The highest BCUT2D eigenvalue weighted by atomic mass is 19.4. The van der Waals surface area contributed by atoms with E-state index in [0.29, 0.717) is 18.2 Å². The van der Waals surface area contributed by atoms with Crippen molar-refractivity contribution in [3.8, 4) is 22.7 Å². The molecule has 1 aliphatic rings. The molecular weight excluding hydrogens is 383 g/mol. The third-order valence-electron chi connectivity index (χ3n) is 5.26. The Morgan fingerprint density at radius 2 is 1.69 bits per heavy atom. The quantitative estimate of drug-likeness (QED) is 0.614. The molecular formula is C22H18F3NO3. The van der Waals surface area contributed by atoms with E-state index in [0.717, 1.165) is 42.1 Å². The van der Waals surface area contributed by atoms with Gasteiger partial charge in [-0.1, -0.05) is 30.3 Å². The molecule has 0 unspecified atom stereocenters. The number of hydrogen-bond acceptors (Lipinski definition) is 2. The lowest BCUT2D eigenvalue weighted by Gasteiger charge is -2.22. The number of alkyl halides is 3. The first-order valence-electron chi connectivity index (χ1n) is 9.24. The lowest BCUT2D eigenvalue weighted by atomic mass is 9.97. The maximum absolute atomic E-state index is 13.8. The van der Waals surface area contributed by atoms with Gasteiger partial charge in [0.25, 0.3) is 0 Å². The lowest BCUT2D eigenvalue weighted by molar-refractivity contribution is -0.137. The van der Waals surface area contributed by atoms with Gasteiger partial charge < -0.3 is 14.8 Å². The molecule has 0 bridgehead atoms. The Balaban J connectivity index is 2.08. The van der Waals surface area contributed by atoms with Crippen LogP contribution in [0.2, 0.25) is 0 Å². The number of nitrogens with zero attached hydrogens (tertiary/aromatic N) is 1. The zero-order valence-electron chi connectivity index (χ0n) is 15.3. The molecule has 0 radical (unpaired) electrons. The van der Waals surface area contributed by atoms with Crippen molar-refractivity contribution in [2.75, 3.05) is 0 Å². The van der Waals surface area contributed by atoms with Crippen LogP contribution in [0.3, 0.4) is 0 Å². The Bertz CT molecular complexity index is 1080. The summed E-state index contributed by atoms with van der Waals surface area (Å²) in [5.41, 5.74) is 1.11. The first kappa shape index (κ1) is 19.1. The summed E-state index contributed by atoms with van der Waals surface area (Å²) < 4.78 is 43.1. The van der Waals surface area contributed by atoms with E-state index in [1.165, 1.54) is 4.57 Å². The highest BCUT2D eigenvalue weighted by Crippen LogP contribution is 2.42. The molecule has 29 heavy (non-hydrogen) atoms. The Kier molecular flexibility index (Phi) is 4.61. The molecule has 4 nitrogen and oxygen atoms in total. The van der Waals surface area contributed by atoms with Crippen LogP contribution >= 0.6 is 0 Å². The fourth-order valence-electron chi connectivity index (χ4n) is 3.96. The van der Waals surface area contributed by atoms with Gasteiger partial charge in [0, 0.05) is 5.69 Å². The average molecular weight is 401 g/mol. The van der Waals surface area contributed by atoms with Crippen LogP contribution in [-0.4, -0.2) is 20.7 Å². The molecule has 4 rings (SSSR count). The summed E-state index contributed by atoms with van der Waals surface area (Å²) in [6.45, 7) is 0. The molecule has 0 fully saturated rings. The van der Waals surface area contributed by atoms with Crippen molar-refractivity contribution in [2.24, 2.45) is 0 Å². The molecule has 0 saturated heterocycles. The highest BCUT2D eigenvalue weighted by Gasteiger charge is 2.37. The number of halogens is 3. The summed E-state index contributed by atoms with van der Waals surface area (Å²) in [7, 11) is 0. The minimum atomic E-state index is -4.76. The molecule has 1 aliphatic carbocycles. The first-order valence-corrected chi connectivity index (χ1v) is 9.24. The number of phenols is 1. The van der Waals surface area contributed by atoms with Crippen LogP contribution in [0.15, 0.2) is 48.5 Å². The van der Waals surface area contributed by atoms with Crippen LogP contribution < -0.4 is 0 Å². The second-order valence-electron chi connectivity index (χ2n) is 7.10. The fraction of sp³-hybridized carbons (Fsp3) is 0.227. The SMILES string of the molecule is O=C(O)c1cc(-n2c(-c3ccccc3)cc3c2CCCC3)c(C(F)(F)F)cc1O. The number of hydrogen-bond donors (Lipinski definition) is 2. The van der Waals surface area contributed by atoms with Gasteiger partial charge in [-0.25, -0.2) is 4.79 Å². The molecule has 0 spiro atoms. The molecule has 7 heteroatoms. The number of fused-ring (bicyclic) bond motifs is 1. The standard InChI is InChI=1S/C22H18F3NO3/c23-22(24,25)16-12-20(27)15(21(28)29)11-19(16)26-17-9-5-4-8-14(17)10-18(26)13-6-2-1-3-7-13/h1-3,6-7,10-12,27H,4-5,8-9H2,(H,28,29). The Morgan fingerprint density at radius 1 is 1.00 bits per heavy atom. The van der Waals surface area contributed by atoms with Crippen molar-refractivity contribution < 1.29 is 28.2 Å². The maximum Gasteiger partial charge on any atom is 0.418 e. The van der Waals surface area contributed by atoms with Gasteiger partial charge in [0.2, 0.25) is 0 Å². The van der Waals surface area contributed by atoms with Crippen molar-refractivity contribution in [1.29, 1.82) is 0 Å². The fourth-order valence-corrected chi connectivity index (χ4v) is 3.96. The van der Waals surface area contributed by atoms with E-state index in [1.54, 1.807) is 12.1 Å². The predicted molar refractivity (Wildman–Crippen MR) is 101 cm³/mol. The summed E-state index contributed by atoms with van der Waals surface area (Å²) >= 11 is 0. The van der Waals surface area contributed by atoms with Gasteiger partial charge in [-0.15, -0.1) is 0 Å². The second-order valence-corrected chi connectivity index (χ2v) is 7.10. The minimum absolute atomic E-state index is 0.283. The Labute approximate surface area is 164 Å². The number of carboxylic acids is 1. The summed E-state index contributed by atoms with van der Waals surface area (Å²) in [4.78, 5) is 11.5. The number of aromatic nitrogens is 1. The molecule has 1 aromatic heterocycles. The molecule has 0 saturated carbocycles. The summed E-state index contributed by atoms with van der Waals surface area (Å²) in [5, 5.41) is 19.2. The third kappa shape index (κ3) is 3.37. The number of carboxylic acid groups (broad SMARTS) is 1.